The van der Waals surface area contributed by atoms with E-state index >= 15 is 0 Å². The van der Waals surface area contributed by atoms with Gasteiger partial charge in [0.05, 0.1) is 0 Å². The molecular formula is C28H61Cl2NOTi-2. The summed E-state index contributed by atoms with van der Waals surface area (Å²) in [6, 6.07) is 0. The fraction of sp³-hybridized carbons (Fsp3) is 1.00. The summed E-state index contributed by atoms with van der Waals surface area (Å²) in [4.78, 5) is 2.80. The van der Waals surface area contributed by atoms with E-state index in [9.17, 15) is 0 Å². The number of halogens is 2. The molecule has 0 aliphatic carbocycles. The number of nitrogens with zero attached hydrogens (tertiary/aromatic N) is 1. The summed E-state index contributed by atoms with van der Waals surface area (Å²) in [7, 11) is 0. The summed E-state index contributed by atoms with van der Waals surface area (Å²) in [5, 5.41) is 7.57. The fourth-order valence-corrected chi connectivity index (χ4v) is 4.04. The van der Waals surface area contributed by atoms with Gasteiger partial charge in [0.25, 0.3) is 0 Å². The Labute approximate surface area is 237 Å². The number of hydrogen-bond acceptors (Lipinski definition) is 2. The van der Waals surface area contributed by atoms with Crippen LogP contribution in [0, 0.1) is 0 Å². The molecule has 0 radical (unpaired) electrons. The molecule has 0 saturated heterocycles. The molecule has 0 saturated carbocycles. The zero-order valence-corrected chi connectivity index (χ0v) is 26.2. The number of rotatable bonds is 23. The van der Waals surface area contributed by atoms with Crippen molar-refractivity contribution in [1.82, 2.24) is 4.90 Å². The molecule has 0 fully saturated rings. The molecular weight excluding hydrogens is 485 g/mol. The third-order valence-electron chi connectivity index (χ3n) is 5.98. The predicted molar refractivity (Wildman–Crippen MR) is 139 cm³/mol. The van der Waals surface area contributed by atoms with E-state index in [1.807, 2.05) is 0 Å². The van der Waals surface area contributed by atoms with Crippen LogP contribution in [0.2, 0.25) is 0 Å². The monoisotopic (exact) mass is 545 g/mol. The van der Waals surface area contributed by atoms with Gasteiger partial charge in [0.1, 0.15) is 0 Å². The molecule has 0 atom stereocenters. The van der Waals surface area contributed by atoms with Crippen LogP contribution in [0.25, 0.3) is 0 Å². The maximum absolute atomic E-state index is 7.57. The topological polar surface area (TPSA) is 23.5 Å². The second-order valence-corrected chi connectivity index (χ2v) is 9.17. The summed E-state index contributed by atoms with van der Waals surface area (Å²) in [6.07, 6.45) is 28.7. The Hall–Kier alpha value is 1.21. The van der Waals surface area contributed by atoms with Gasteiger partial charge in [-0.1, -0.05) is 130 Å². The Morgan fingerprint density at radius 3 is 0.788 bits per heavy atom. The van der Waals surface area contributed by atoms with Gasteiger partial charge in [0.15, 0.2) is 0 Å². The summed E-state index contributed by atoms with van der Waals surface area (Å²) >= 11 is 0. The van der Waals surface area contributed by atoms with Crippen molar-refractivity contribution in [3.8, 4) is 0 Å². The Balaban J connectivity index is -0.000000411. The van der Waals surface area contributed by atoms with Crippen LogP contribution in [0.1, 0.15) is 156 Å². The van der Waals surface area contributed by atoms with Crippen molar-refractivity contribution < 1.29 is 51.6 Å². The van der Waals surface area contributed by atoms with E-state index in [1.54, 1.807) is 6.92 Å². The molecule has 5 heteroatoms. The smallest absolute Gasteiger partial charge is 0.0402 e. The van der Waals surface area contributed by atoms with Gasteiger partial charge in [0.2, 0.25) is 0 Å². The van der Waals surface area contributed by atoms with Crippen LogP contribution in [0.4, 0.5) is 0 Å². The van der Waals surface area contributed by atoms with Crippen LogP contribution in [-0.2, 0) is 21.7 Å². The van der Waals surface area contributed by atoms with E-state index in [0.717, 1.165) is 0 Å². The minimum Gasteiger partial charge on any atom is -1.00 e. The zero-order valence-electron chi connectivity index (χ0n) is 23.1. The maximum atomic E-state index is 7.57. The molecule has 0 bridgehead atoms. The summed E-state index contributed by atoms with van der Waals surface area (Å²) < 4.78 is 0. The van der Waals surface area contributed by atoms with E-state index in [0.29, 0.717) is 0 Å². The van der Waals surface area contributed by atoms with E-state index in [-0.39, 0.29) is 53.1 Å². The van der Waals surface area contributed by atoms with Gasteiger partial charge >= 0.3 is 0 Å². The minimum absolute atomic E-state index is 0. The molecule has 0 aromatic carbocycles. The molecule has 0 aliphatic heterocycles. The minimum atomic E-state index is 0. The van der Waals surface area contributed by atoms with Crippen molar-refractivity contribution >= 4 is 0 Å². The quantitative estimate of drug-likeness (QED) is 0.157. The standard InChI is InChI=1S/C26H55N.C2H6O.2ClH.Ti/c1-4-7-10-13-16-17-20-23-26-27(24-21-18-14-11-8-5-2)25-22-19-15-12-9-6-3;1-2-3;;;/h4-26H2,1-3H3;3H,2H2,1H3;2*1H;/p-2. The molecule has 0 heterocycles. The molecule has 0 aromatic heterocycles. The molecule has 33 heavy (non-hydrogen) atoms. The van der Waals surface area contributed by atoms with Crippen LogP contribution in [0.15, 0.2) is 0 Å². The number of unbranched alkanes of at least 4 members (excludes halogenated alkanes) is 17. The largest absolute Gasteiger partial charge is 1.00 e. The van der Waals surface area contributed by atoms with Gasteiger partial charge in [-0.05, 0) is 45.8 Å². The molecule has 2 nitrogen and oxygen atoms in total. The van der Waals surface area contributed by atoms with Gasteiger partial charge in [0, 0.05) is 28.3 Å². The number of hydrogen-bond donors (Lipinski definition) is 1. The second kappa shape index (κ2) is 43.3. The molecule has 0 aromatic rings. The van der Waals surface area contributed by atoms with Crippen LogP contribution >= 0.6 is 0 Å². The molecule has 0 spiro atoms. The van der Waals surface area contributed by atoms with Crippen molar-refractivity contribution in [2.45, 2.75) is 156 Å². The predicted octanol–water partition coefficient (Wildman–Crippen LogP) is 3.15. The maximum Gasteiger partial charge on any atom is 0.0402 e. The van der Waals surface area contributed by atoms with Crippen molar-refractivity contribution in [3.63, 3.8) is 0 Å². The normalized spacial score (nSPS) is 10.0. The van der Waals surface area contributed by atoms with Crippen molar-refractivity contribution in [1.29, 1.82) is 0 Å². The summed E-state index contributed by atoms with van der Waals surface area (Å²) in [5.74, 6) is 0. The van der Waals surface area contributed by atoms with Gasteiger partial charge in [-0.3, -0.25) is 0 Å². The molecule has 204 valence electrons. The molecule has 1 N–H and O–H groups in total. The Morgan fingerprint density at radius 1 is 0.394 bits per heavy atom. The van der Waals surface area contributed by atoms with Gasteiger partial charge < -0.3 is 34.8 Å². The van der Waals surface area contributed by atoms with E-state index in [1.165, 1.54) is 148 Å². The average molecular weight is 547 g/mol. The summed E-state index contributed by atoms with van der Waals surface area (Å²) in [6.45, 7) is 12.9. The fourth-order valence-electron chi connectivity index (χ4n) is 4.04. The first kappa shape index (κ1) is 44.2. The van der Waals surface area contributed by atoms with Crippen molar-refractivity contribution in [2.75, 3.05) is 26.2 Å². The van der Waals surface area contributed by atoms with Crippen molar-refractivity contribution in [2.24, 2.45) is 0 Å². The first-order chi connectivity index (χ1) is 14.8. The second-order valence-electron chi connectivity index (χ2n) is 9.17. The average Bonchev–Trinajstić information content (AvgIpc) is 2.74. The van der Waals surface area contributed by atoms with Crippen LogP contribution in [-0.4, -0.2) is 36.2 Å². The number of aliphatic hydroxyl groups is 1. The molecule has 0 rings (SSSR count). The first-order valence-corrected chi connectivity index (χ1v) is 14.1. The molecule has 0 amide bonds. The van der Waals surface area contributed by atoms with Gasteiger partial charge in [-0.2, -0.15) is 0 Å². The Morgan fingerprint density at radius 2 is 0.576 bits per heavy atom. The molecule has 0 aliphatic rings. The first-order valence-electron chi connectivity index (χ1n) is 14.1. The van der Waals surface area contributed by atoms with E-state index < -0.39 is 0 Å². The zero-order chi connectivity index (χ0) is 22.5. The van der Waals surface area contributed by atoms with Crippen LogP contribution < -0.4 is 24.8 Å². The third-order valence-corrected chi connectivity index (χ3v) is 5.98. The van der Waals surface area contributed by atoms with Gasteiger partial charge in [-0.25, -0.2) is 0 Å². The summed E-state index contributed by atoms with van der Waals surface area (Å²) in [5.41, 5.74) is 0. The van der Waals surface area contributed by atoms with Crippen LogP contribution in [0.3, 0.4) is 0 Å². The van der Waals surface area contributed by atoms with Crippen molar-refractivity contribution in [3.05, 3.63) is 0 Å². The Bertz CT molecular complexity index is 271. The van der Waals surface area contributed by atoms with E-state index in [4.69, 9.17) is 5.11 Å². The molecule has 0 unspecified atom stereocenters. The van der Waals surface area contributed by atoms with E-state index in [2.05, 4.69) is 25.7 Å². The number of aliphatic hydroxyl groups excluding tert-OH is 1. The SMILES string of the molecule is CCCCCCCCCCN(CCCCCCCC)CCCCCCCC.CCO.[Cl-].[Cl-].[Ti]. The Kier molecular flexibility index (Phi) is 58.0. The van der Waals surface area contributed by atoms with Crippen LogP contribution in [0.5, 0.6) is 0 Å². The van der Waals surface area contributed by atoms with Gasteiger partial charge in [-0.15, -0.1) is 0 Å². The third kappa shape index (κ3) is 43.7.